The zero-order chi connectivity index (χ0) is 20.8. The molecule has 1 aliphatic rings. The maximum absolute atomic E-state index is 13.0. The minimum absolute atomic E-state index is 0.0556. The normalized spacial score (nSPS) is 14.3. The molecule has 0 radical (unpaired) electrons. The van der Waals surface area contributed by atoms with E-state index in [9.17, 15) is 9.59 Å². The van der Waals surface area contributed by atoms with Gasteiger partial charge in [-0.05, 0) is 31.5 Å². The molecule has 0 saturated carbocycles. The second kappa shape index (κ2) is 9.60. The van der Waals surface area contributed by atoms with Crippen LogP contribution in [0.2, 0.25) is 0 Å². The van der Waals surface area contributed by atoms with Crippen LogP contribution < -0.4 is 14.4 Å². The number of carbonyl (C=O) groups is 2. The van der Waals surface area contributed by atoms with Crippen molar-refractivity contribution in [3.05, 3.63) is 34.8 Å². The highest BCUT2D eigenvalue weighted by molar-refractivity contribution is 7.13. The van der Waals surface area contributed by atoms with Gasteiger partial charge in [0, 0.05) is 37.1 Å². The van der Waals surface area contributed by atoms with Crippen molar-refractivity contribution in [1.82, 2.24) is 9.88 Å². The van der Waals surface area contributed by atoms with Crippen molar-refractivity contribution in [2.24, 2.45) is 0 Å². The van der Waals surface area contributed by atoms with Gasteiger partial charge in [0.15, 0.2) is 23.2 Å². The third kappa shape index (κ3) is 5.17. The first kappa shape index (κ1) is 20.9. The molecule has 1 saturated heterocycles. The highest BCUT2D eigenvalue weighted by Gasteiger charge is 2.22. The highest BCUT2D eigenvalue weighted by Crippen LogP contribution is 2.29. The Bertz CT molecular complexity index is 870. The van der Waals surface area contributed by atoms with E-state index in [1.54, 1.807) is 29.5 Å². The lowest BCUT2D eigenvalue weighted by molar-refractivity contribution is -0.142. The lowest BCUT2D eigenvalue weighted by Crippen LogP contribution is -2.35. The standard InChI is InChI=1S/C20H25N3O5S/c1-14-13-29-20(21-14)23-8-4-7-22(9-10-23)19(25)15-5-6-16(17(11-15)26-2)28-12-18(24)27-3/h5-6,11,13H,4,7-10,12H2,1-3H3. The van der Waals surface area contributed by atoms with Crippen LogP contribution >= 0.6 is 11.3 Å². The summed E-state index contributed by atoms with van der Waals surface area (Å²) in [6.45, 7) is 4.69. The Morgan fingerprint density at radius 2 is 1.97 bits per heavy atom. The number of methoxy groups -OCH3 is 2. The summed E-state index contributed by atoms with van der Waals surface area (Å²) in [4.78, 5) is 32.9. The van der Waals surface area contributed by atoms with E-state index in [4.69, 9.17) is 9.47 Å². The van der Waals surface area contributed by atoms with Crippen LogP contribution in [0.15, 0.2) is 23.6 Å². The highest BCUT2D eigenvalue weighted by atomic mass is 32.1. The number of esters is 1. The number of aryl methyl sites for hydroxylation is 1. The Hall–Kier alpha value is -2.81. The molecule has 0 N–H and O–H groups in total. The van der Waals surface area contributed by atoms with Crippen LogP contribution in [0.3, 0.4) is 0 Å². The smallest absolute Gasteiger partial charge is 0.343 e. The van der Waals surface area contributed by atoms with Crippen LogP contribution in [0.1, 0.15) is 22.5 Å². The van der Waals surface area contributed by atoms with E-state index >= 15 is 0 Å². The lowest BCUT2D eigenvalue weighted by Gasteiger charge is -2.22. The number of amides is 1. The molecule has 8 nitrogen and oxygen atoms in total. The summed E-state index contributed by atoms with van der Waals surface area (Å²) in [6.07, 6.45) is 0.877. The molecule has 156 valence electrons. The van der Waals surface area contributed by atoms with Crippen molar-refractivity contribution in [3.63, 3.8) is 0 Å². The summed E-state index contributed by atoms with van der Waals surface area (Å²) in [5, 5.41) is 3.05. The first-order chi connectivity index (χ1) is 14.0. The molecule has 1 amide bonds. The fraction of sp³-hybridized carbons (Fsp3) is 0.450. The van der Waals surface area contributed by atoms with Crippen LogP contribution in [0.25, 0.3) is 0 Å². The number of thiazole rings is 1. The number of carbonyl (C=O) groups excluding carboxylic acids is 2. The van der Waals surface area contributed by atoms with Gasteiger partial charge < -0.3 is 24.0 Å². The molecular weight excluding hydrogens is 394 g/mol. The number of aromatic nitrogens is 1. The Kier molecular flexibility index (Phi) is 6.92. The summed E-state index contributed by atoms with van der Waals surface area (Å²) in [5.74, 6) is 0.238. The van der Waals surface area contributed by atoms with E-state index < -0.39 is 5.97 Å². The van der Waals surface area contributed by atoms with E-state index in [-0.39, 0.29) is 12.5 Å². The molecule has 1 aromatic carbocycles. The van der Waals surface area contributed by atoms with Crippen molar-refractivity contribution in [1.29, 1.82) is 0 Å². The number of anilines is 1. The molecule has 2 aromatic rings. The Morgan fingerprint density at radius 3 is 2.66 bits per heavy atom. The molecule has 1 aliphatic heterocycles. The second-order valence-corrected chi connectivity index (χ2v) is 7.47. The molecule has 1 aromatic heterocycles. The van der Waals surface area contributed by atoms with Gasteiger partial charge in [-0.15, -0.1) is 11.3 Å². The van der Waals surface area contributed by atoms with Gasteiger partial charge >= 0.3 is 5.97 Å². The van der Waals surface area contributed by atoms with Gasteiger partial charge in [-0.25, -0.2) is 9.78 Å². The largest absolute Gasteiger partial charge is 0.493 e. The Balaban J connectivity index is 1.67. The Labute approximate surface area is 174 Å². The van der Waals surface area contributed by atoms with Crippen molar-refractivity contribution in [3.8, 4) is 11.5 Å². The minimum atomic E-state index is -0.489. The number of rotatable bonds is 6. The Morgan fingerprint density at radius 1 is 1.14 bits per heavy atom. The van der Waals surface area contributed by atoms with Gasteiger partial charge in [0.2, 0.25) is 0 Å². The molecule has 0 unspecified atom stereocenters. The maximum atomic E-state index is 13.0. The van der Waals surface area contributed by atoms with E-state index in [1.165, 1.54) is 14.2 Å². The van der Waals surface area contributed by atoms with Gasteiger partial charge in [-0.2, -0.15) is 0 Å². The average Bonchev–Trinajstić information content (AvgIpc) is 3.02. The first-order valence-electron chi connectivity index (χ1n) is 9.36. The maximum Gasteiger partial charge on any atom is 0.343 e. The molecule has 0 aliphatic carbocycles. The fourth-order valence-corrected chi connectivity index (χ4v) is 3.95. The number of hydrogen-bond donors (Lipinski definition) is 0. The second-order valence-electron chi connectivity index (χ2n) is 6.63. The van der Waals surface area contributed by atoms with Crippen molar-refractivity contribution in [2.45, 2.75) is 13.3 Å². The van der Waals surface area contributed by atoms with Crippen LogP contribution in [0.5, 0.6) is 11.5 Å². The third-order valence-corrected chi connectivity index (χ3v) is 5.66. The lowest BCUT2D eigenvalue weighted by atomic mass is 10.1. The molecule has 0 atom stereocenters. The minimum Gasteiger partial charge on any atom is -0.493 e. The van der Waals surface area contributed by atoms with E-state index in [0.29, 0.717) is 30.2 Å². The van der Waals surface area contributed by atoms with Gasteiger partial charge in [0.1, 0.15) is 0 Å². The first-order valence-corrected chi connectivity index (χ1v) is 10.2. The molecule has 0 bridgehead atoms. The van der Waals surface area contributed by atoms with Gasteiger partial charge in [0.25, 0.3) is 5.91 Å². The number of nitrogens with zero attached hydrogens (tertiary/aromatic N) is 3. The molecule has 29 heavy (non-hydrogen) atoms. The summed E-state index contributed by atoms with van der Waals surface area (Å²) >= 11 is 1.63. The van der Waals surface area contributed by atoms with Crippen LogP contribution in [-0.2, 0) is 9.53 Å². The summed E-state index contributed by atoms with van der Waals surface area (Å²) in [7, 11) is 2.79. The predicted octanol–water partition coefficient (Wildman–Crippen LogP) is 2.36. The zero-order valence-electron chi connectivity index (χ0n) is 16.8. The van der Waals surface area contributed by atoms with Crippen molar-refractivity contribution < 1.29 is 23.8 Å². The van der Waals surface area contributed by atoms with Crippen LogP contribution in [-0.4, -0.2) is 68.8 Å². The van der Waals surface area contributed by atoms with Gasteiger partial charge in [-0.3, -0.25) is 4.79 Å². The number of hydrogen-bond acceptors (Lipinski definition) is 8. The van der Waals surface area contributed by atoms with E-state index in [2.05, 4.69) is 14.6 Å². The monoisotopic (exact) mass is 419 g/mol. The zero-order valence-corrected chi connectivity index (χ0v) is 17.7. The number of benzene rings is 1. The van der Waals surface area contributed by atoms with Gasteiger partial charge in [-0.1, -0.05) is 0 Å². The summed E-state index contributed by atoms with van der Waals surface area (Å²) in [5.41, 5.74) is 1.54. The topological polar surface area (TPSA) is 81.2 Å². The quantitative estimate of drug-likeness (QED) is 0.665. The SMILES string of the molecule is COC(=O)COc1ccc(C(=O)N2CCCN(c3nc(C)cs3)CC2)cc1OC. The van der Waals surface area contributed by atoms with Crippen molar-refractivity contribution >= 4 is 28.3 Å². The van der Waals surface area contributed by atoms with Crippen molar-refractivity contribution in [2.75, 3.05) is 51.9 Å². The molecule has 0 spiro atoms. The molecule has 9 heteroatoms. The molecular formula is C20H25N3O5S. The molecule has 3 rings (SSSR count). The summed E-state index contributed by atoms with van der Waals surface area (Å²) in [6, 6.07) is 4.96. The van der Waals surface area contributed by atoms with Gasteiger partial charge in [0.05, 0.1) is 19.9 Å². The third-order valence-electron chi connectivity index (χ3n) is 4.64. The van der Waals surface area contributed by atoms with Crippen LogP contribution in [0, 0.1) is 6.92 Å². The fourth-order valence-electron chi connectivity index (χ4n) is 3.10. The predicted molar refractivity (Wildman–Crippen MR) is 110 cm³/mol. The van der Waals surface area contributed by atoms with Crippen LogP contribution in [0.4, 0.5) is 5.13 Å². The molecule has 1 fully saturated rings. The van der Waals surface area contributed by atoms with E-state index in [0.717, 1.165) is 30.3 Å². The average molecular weight is 420 g/mol. The molecule has 2 heterocycles. The summed E-state index contributed by atoms with van der Waals surface area (Å²) < 4.78 is 15.3. The number of ether oxygens (including phenoxy) is 3. The van der Waals surface area contributed by atoms with E-state index in [1.807, 2.05) is 17.2 Å².